The predicted octanol–water partition coefficient (Wildman–Crippen LogP) is 1.73. The van der Waals surface area contributed by atoms with Crippen molar-refractivity contribution < 1.29 is 9.84 Å². The van der Waals surface area contributed by atoms with Crippen molar-refractivity contribution in [2.75, 3.05) is 13.2 Å². The first kappa shape index (κ1) is 12.6. The number of rotatable bonds is 3. The van der Waals surface area contributed by atoms with Crippen LogP contribution >= 0.6 is 0 Å². The van der Waals surface area contributed by atoms with Crippen molar-refractivity contribution in [2.45, 2.75) is 32.0 Å². The van der Waals surface area contributed by atoms with Gasteiger partial charge in [0.2, 0.25) is 0 Å². The van der Waals surface area contributed by atoms with Gasteiger partial charge in [-0.3, -0.25) is 0 Å². The molecule has 1 fully saturated rings. The van der Waals surface area contributed by atoms with Gasteiger partial charge in [0.25, 0.3) is 0 Å². The summed E-state index contributed by atoms with van der Waals surface area (Å²) in [6.07, 6.45) is -0.442. The van der Waals surface area contributed by atoms with E-state index in [1.54, 1.807) is 0 Å². The Bertz CT molecular complexity index is 341. The normalized spacial score (nSPS) is 28.6. The highest BCUT2D eigenvalue weighted by molar-refractivity contribution is 5.18. The largest absolute Gasteiger partial charge is 0.388 e. The monoisotopic (exact) mass is 235 g/mol. The summed E-state index contributed by atoms with van der Waals surface area (Å²) in [6, 6.07) is 10.4. The highest BCUT2D eigenvalue weighted by Crippen LogP contribution is 2.25. The summed E-state index contributed by atoms with van der Waals surface area (Å²) >= 11 is 0. The van der Waals surface area contributed by atoms with Gasteiger partial charge in [-0.25, -0.2) is 0 Å². The molecule has 2 rings (SSSR count). The Hall–Kier alpha value is -0.900. The Morgan fingerprint density at radius 3 is 2.65 bits per heavy atom. The Balaban J connectivity index is 2.01. The van der Waals surface area contributed by atoms with Gasteiger partial charge >= 0.3 is 0 Å². The molecule has 4 unspecified atom stereocenters. The molecule has 0 spiro atoms. The van der Waals surface area contributed by atoms with Crippen LogP contribution in [0.4, 0.5) is 0 Å². The number of hydrogen-bond acceptors (Lipinski definition) is 3. The number of hydrogen-bond donors (Lipinski definition) is 2. The molecule has 1 aliphatic heterocycles. The second-order valence-corrected chi connectivity index (χ2v) is 4.93. The lowest BCUT2D eigenvalue weighted by molar-refractivity contribution is 0.00174. The van der Waals surface area contributed by atoms with Crippen LogP contribution in [0, 0.1) is 5.92 Å². The third kappa shape index (κ3) is 3.06. The van der Waals surface area contributed by atoms with Gasteiger partial charge in [0.05, 0.1) is 19.3 Å². The van der Waals surface area contributed by atoms with Crippen molar-refractivity contribution in [3.05, 3.63) is 35.9 Å². The number of aliphatic hydroxyl groups is 1. The molecule has 3 heteroatoms. The number of benzene rings is 1. The van der Waals surface area contributed by atoms with Crippen LogP contribution in [0.15, 0.2) is 30.3 Å². The minimum Gasteiger partial charge on any atom is -0.388 e. The molecule has 94 valence electrons. The van der Waals surface area contributed by atoms with E-state index in [0.717, 1.165) is 12.2 Å². The summed E-state index contributed by atoms with van der Waals surface area (Å²) in [7, 11) is 0. The summed E-state index contributed by atoms with van der Waals surface area (Å²) in [5.41, 5.74) is 0.972. The molecule has 0 aliphatic carbocycles. The molecule has 0 bridgehead atoms. The average molecular weight is 235 g/mol. The highest BCUT2D eigenvalue weighted by Gasteiger charge is 2.29. The van der Waals surface area contributed by atoms with E-state index >= 15 is 0 Å². The van der Waals surface area contributed by atoms with Gasteiger partial charge in [-0.05, 0) is 12.5 Å². The lowest BCUT2D eigenvalue weighted by Crippen LogP contribution is -2.51. The molecule has 1 heterocycles. The van der Waals surface area contributed by atoms with Crippen LogP contribution < -0.4 is 5.32 Å². The van der Waals surface area contributed by atoms with Crippen molar-refractivity contribution in [1.82, 2.24) is 5.32 Å². The maximum absolute atomic E-state index is 10.3. The Morgan fingerprint density at radius 2 is 2.00 bits per heavy atom. The van der Waals surface area contributed by atoms with Crippen molar-refractivity contribution in [1.29, 1.82) is 0 Å². The van der Waals surface area contributed by atoms with Crippen molar-refractivity contribution in [2.24, 2.45) is 5.92 Å². The first-order valence-corrected chi connectivity index (χ1v) is 6.25. The van der Waals surface area contributed by atoms with Gasteiger partial charge in [0.15, 0.2) is 0 Å². The number of nitrogens with one attached hydrogen (secondary N) is 1. The molecule has 0 radical (unpaired) electrons. The molecule has 3 nitrogen and oxygen atoms in total. The fourth-order valence-electron chi connectivity index (χ4n) is 2.31. The zero-order chi connectivity index (χ0) is 12.3. The first-order valence-electron chi connectivity index (χ1n) is 6.25. The number of morpholine rings is 1. The van der Waals surface area contributed by atoms with E-state index in [0.29, 0.717) is 12.6 Å². The van der Waals surface area contributed by atoms with Crippen LogP contribution in [-0.2, 0) is 4.74 Å². The average Bonchev–Trinajstić information content (AvgIpc) is 2.38. The number of ether oxygens (including phenoxy) is 1. The van der Waals surface area contributed by atoms with E-state index in [1.807, 2.05) is 30.3 Å². The zero-order valence-electron chi connectivity index (χ0n) is 10.5. The Kier molecular flexibility index (Phi) is 4.15. The molecular formula is C14H21NO2. The van der Waals surface area contributed by atoms with Crippen LogP contribution in [0.3, 0.4) is 0 Å². The Morgan fingerprint density at radius 1 is 1.29 bits per heavy atom. The lowest BCUT2D eigenvalue weighted by atomic mass is 9.90. The summed E-state index contributed by atoms with van der Waals surface area (Å²) in [5.74, 6) is 0.139. The third-order valence-corrected chi connectivity index (χ3v) is 3.44. The van der Waals surface area contributed by atoms with Crippen molar-refractivity contribution in [3.8, 4) is 0 Å². The SMILES string of the molecule is CC1COCC(C(C)C(O)c2ccccc2)N1. The smallest absolute Gasteiger partial charge is 0.0831 e. The fraction of sp³-hybridized carbons (Fsp3) is 0.571. The quantitative estimate of drug-likeness (QED) is 0.838. The van der Waals surface area contributed by atoms with Crippen LogP contribution in [0.1, 0.15) is 25.5 Å². The van der Waals surface area contributed by atoms with Crippen LogP contribution in [0.25, 0.3) is 0 Å². The summed E-state index contributed by atoms with van der Waals surface area (Å²) in [4.78, 5) is 0. The molecule has 0 saturated carbocycles. The fourth-order valence-corrected chi connectivity index (χ4v) is 2.31. The van der Waals surface area contributed by atoms with Crippen LogP contribution in [0.5, 0.6) is 0 Å². The predicted molar refractivity (Wildman–Crippen MR) is 67.8 cm³/mol. The van der Waals surface area contributed by atoms with E-state index in [1.165, 1.54) is 0 Å². The molecule has 2 N–H and O–H groups in total. The van der Waals surface area contributed by atoms with Crippen LogP contribution in [-0.4, -0.2) is 30.4 Å². The molecule has 1 saturated heterocycles. The minimum absolute atomic E-state index is 0.139. The van der Waals surface area contributed by atoms with E-state index < -0.39 is 6.10 Å². The summed E-state index contributed by atoms with van der Waals surface area (Å²) in [6.45, 7) is 5.60. The Labute approximate surface area is 103 Å². The second-order valence-electron chi connectivity index (χ2n) is 4.93. The minimum atomic E-state index is -0.442. The molecular weight excluding hydrogens is 214 g/mol. The van der Waals surface area contributed by atoms with Crippen molar-refractivity contribution in [3.63, 3.8) is 0 Å². The second kappa shape index (κ2) is 5.63. The highest BCUT2D eigenvalue weighted by atomic mass is 16.5. The van der Waals surface area contributed by atoms with Gasteiger partial charge in [0.1, 0.15) is 0 Å². The van der Waals surface area contributed by atoms with E-state index in [9.17, 15) is 5.11 Å². The maximum atomic E-state index is 10.3. The molecule has 0 amide bonds. The van der Waals surface area contributed by atoms with Gasteiger partial charge < -0.3 is 15.2 Å². The standard InChI is InChI=1S/C14H21NO2/c1-10-8-17-9-13(15-10)11(2)14(16)12-6-4-3-5-7-12/h3-7,10-11,13-16H,8-9H2,1-2H3. The van der Waals surface area contributed by atoms with Crippen molar-refractivity contribution >= 4 is 0 Å². The summed E-state index contributed by atoms with van der Waals surface area (Å²) in [5, 5.41) is 13.8. The van der Waals surface area contributed by atoms with Gasteiger partial charge in [0, 0.05) is 18.0 Å². The summed E-state index contributed by atoms with van der Waals surface area (Å²) < 4.78 is 5.53. The van der Waals surface area contributed by atoms with Gasteiger partial charge in [-0.2, -0.15) is 0 Å². The molecule has 1 aromatic rings. The maximum Gasteiger partial charge on any atom is 0.0831 e. The van der Waals surface area contributed by atoms with Crippen LogP contribution in [0.2, 0.25) is 0 Å². The topological polar surface area (TPSA) is 41.5 Å². The third-order valence-electron chi connectivity index (χ3n) is 3.44. The first-order chi connectivity index (χ1) is 8.18. The molecule has 4 atom stereocenters. The molecule has 1 aromatic carbocycles. The zero-order valence-corrected chi connectivity index (χ0v) is 10.5. The van der Waals surface area contributed by atoms with E-state index in [-0.39, 0.29) is 12.0 Å². The molecule has 17 heavy (non-hydrogen) atoms. The molecule has 0 aromatic heterocycles. The van der Waals surface area contributed by atoms with E-state index in [2.05, 4.69) is 19.2 Å². The lowest BCUT2D eigenvalue weighted by Gasteiger charge is -2.35. The van der Waals surface area contributed by atoms with E-state index in [4.69, 9.17) is 4.74 Å². The van der Waals surface area contributed by atoms with Gasteiger partial charge in [-0.15, -0.1) is 0 Å². The molecule has 1 aliphatic rings. The number of aliphatic hydroxyl groups excluding tert-OH is 1. The van der Waals surface area contributed by atoms with Gasteiger partial charge in [-0.1, -0.05) is 37.3 Å².